The Bertz CT molecular complexity index is 1070. The van der Waals surface area contributed by atoms with Crippen molar-refractivity contribution >= 4 is 27.6 Å². The van der Waals surface area contributed by atoms with E-state index in [4.69, 9.17) is 5.73 Å². The molecule has 0 spiro atoms. The molecule has 0 bridgehead atoms. The highest BCUT2D eigenvalue weighted by molar-refractivity contribution is 6.06. The maximum absolute atomic E-state index is 11.6. The Labute approximate surface area is 132 Å². The highest BCUT2D eigenvalue weighted by atomic mass is 16.1. The van der Waals surface area contributed by atoms with Gasteiger partial charge in [-0.15, -0.1) is 0 Å². The summed E-state index contributed by atoms with van der Waals surface area (Å²) >= 11 is 0. The summed E-state index contributed by atoms with van der Waals surface area (Å²) in [5.41, 5.74) is 9.98. The van der Waals surface area contributed by atoms with Crippen molar-refractivity contribution in [1.29, 1.82) is 0 Å². The molecule has 0 fully saturated rings. The predicted octanol–water partition coefficient (Wildman–Crippen LogP) is 3.19. The Morgan fingerprint density at radius 2 is 2.00 bits per heavy atom. The summed E-state index contributed by atoms with van der Waals surface area (Å²) in [6.45, 7) is 2.06. The van der Waals surface area contributed by atoms with E-state index in [1.165, 1.54) is 0 Å². The van der Waals surface area contributed by atoms with Crippen LogP contribution in [0.4, 0.5) is 0 Å². The summed E-state index contributed by atoms with van der Waals surface area (Å²) in [5.74, 6) is -0.522. The molecule has 3 N–H and O–H groups in total. The average Bonchev–Trinajstić information content (AvgIpc) is 3.02. The molecule has 0 saturated heterocycles. The summed E-state index contributed by atoms with van der Waals surface area (Å²) in [5, 5.41) is 9.86. The van der Waals surface area contributed by atoms with E-state index >= 15 is 0 Å². The molecule has 0 saturated carbocycles. The number of amides is 1. The third-order valence-corrected chi connectivity index (χ3v) is 4.12. The van der Waals surface area contributed by atoms with Gasteiger partial charge in [-0.3, -0.25) is 14.9 Å². The number of primary amides is 1. The number of fused-ring (bicyclic) bond motifs is 2. The van der Waals surface area contributed by atoms with Crippen LogP contribution in [-0.4, -0.2) is 21.1 Å². The number of aryl methyl sites for hydroxylation is 1. The Hall–Kier alpha value is -3.21. The quantitative estimate of drug-likeness (QED) is 0.596. The topological polar surface area (TPSA) is 84.7 Å². The molecule has 0 aliphatic rings. The fourth-order valence-electron chi connectivity index (χ4n) is 3.03. The van der Waals surface area contributed by atoms with Crippen molar-refractivity contribution in [2.45, 2.75) is 6.92 Å². The fourth-order valence-corrected chi connectivity index (χ4v) is 3.03. The highest BCUT2D eigenvalue weighted by Crippen LogP contribution is 2.33. The lowest BCUT2D eigenvalue weighted by atomic mass is 9.94. The maximum atomic E-state index is 11.6. The van der Waals surface area contributed by atoms with Gasteiger partial charge in [0, 0.05) is 17.0 Å². The van der Waals surface area contributed by atoms with Gasteiger partial charge in [0.1, 0.15) is 5.69 Å². The van der Waals surface area contributed by atoms with Crippen molar-refractivity contribution in [3.8, 4) is 11.1 Å². The second kappa shape index (κ2) is 4.91. The maximum Gasteiger partial charge on any atom is 0.267 e. The molecule has 2 aromatic carbocycles. The minimum Gasteiger partial charge on any atom is -0.364 e. The van der Waals surface area contributed by atoms with Crippen molar-refractivity contribution in [1.82, 2.24) is 15.2 Å². The van der Waals surface area contributed by atoms with Crippen LogP contribution in [0, 0.1) is 6.92 Å². The second-order valence-electron chi connectivity index (χ2n) is 5.55. The summed E-state index contributed by atoms with van der Waals surface area (Å²) in [7, 11) is 0. The molecule has 0 radical (unpaired) electrons. The van der Waals surface area contributed by atoms with E-state index in [1.807, 2.05) is 36.5 Å². The number of nitrogens with one attached hydrogen (secondary N) is 1. The molecule has 0 aliphatic carbocycles. The minimum absolute atomic E-state index is 0.293. The largest absolute Gasteiger partial charge is 0.364 e. The van der Waals surface area contributed by atoms with Crippen LogP contribution in [0.2, 0.25) is 0 Å². The minimum atomic E-state index is -0.522. The zero-order valence-corrected chi connectivity index (χ0v) is 12.5. The molecule has 23 heavy (non-hydrogen) atoms. The van der Waals surface area contributed by atoms with Gasteiger partial charge in [-0.2, -0.15) is 5.10 Å². The molecule has 0 atom stereocenters. The first-order chi connectivity index (χ1) is 11.1. The van der Waals surface area contributed by atoms with E-state index in [-0.39, 0.29) is 0 Å². The number of hydrogen-bond donors (Lipinski definition) is 2. The van der Waals surface area contributed by atoms with Crippen LogP contribution in [0.15, 0.2) is 48.8 Å². The average molecular weight is 302 g/mol. The van der Waals surface area contributed by atoms with Gasteiger partial charge in [0.15, 0.2) is 0 Å². The van der Waals surface area contributed by atoms with Gasteiger partial charge < -0.3 is 5.73 Å². The molecule has 1 amide bonds. The number of aromatic amines is 1. The molecule has 5 nitrogen and oxygen atoms in total. The molecular formula is C18H14N4O. The van der Waals surface area contributed by atoms with Crippen LogP contribution in [-0.2, 0) is 0 Å². The number of hydrogen-bond acceptors (Lipinski definition) is 3. The number of pyridine rings is 1. The Balaban J connectivity index is 2.06. The van der Waals surface area contributed by atoms with E-state index in [9.17, 15) is 4.79 Å². The van der Waals surface area contributed by atoms with Crippen LogP contribution in [0.25, 0.3) is 32.8 Å². The highest BCUT2D eigenvalue weighted by Gasteiger charge is 2.12. The smallest absolute Gasteiger partial charge is 0.267 e. The first-order valence-corrected chi connectivity index (χ1v) is 7.27. The Kier molecular flexibility index (Phi) is 2.87. The molecular weight excluding hydrogens is 288 g/mol. The zero-order chi connectivity index (χ0) is 16.0. The predicted molar refractivity (Wildman–Crippen MR) is 90.1 cm³/mol. The van der Waals surface area contributed by atoms with Crippen LogP contribution < -0.4 is 5.73 Å². The van der Waals surface area contributed by atoms with Crippen molar-refractivity contribution < 1.29 is 4.79 Å². The van der Waals surface area contributed by atoms with Crippen LogP contribution in [0.5, 0.6) is 0 Å². The van der Waals surface area contributed by atoms with Crippen molar-refractivity contribution in [3.05, 3.63) is 60.0 Å². The van der Waals surface area contributed by atoms with Gasteiger partial charge in [-0.1, -0.05) is 18.2 Å². The normalized spacial score (nSPS) is 11.2. The van der Waals surface area contributed by atoms with E-state index in [0.717, 1.165) is 38.4 Å². The molecule has 0 aliphatic heterocycles. The van der Waals surface area contributed by atoms with Crippen molar-refractivity contribution in [2.24, 2.45) is 5.73 Å². The summed E-state index contributed by atoms with van der Waals surface area (Å²) in [6.07, 6.45) is 3.42. The SMILES string of the molecule is Cc1ccc2[nH]ncc2c1-c1ccc2ccnc(C(N)=O)c2c1. The van der Waals surface area contributed by atoms with Gasteiger partial charge >= 0.3 is 0 Å². The first kappa shape index (κ1) is 13.5. The van der Waals surface area contributed by atoms with E-state index in [0.29, 0.717) is 5.69 Å². The van der Waals surface area contributed by atoms with Gasteiger partial charge in [0.05, 0.1) is 11.7 Å². The van der Waals surface area contributed by atoms with Crippen LogP contribution >= 0.6 is 0 Å². The van der Waals surface area contributed by atoms with Crippen LogP contribution in [0.3, 0.4) is 0 Å². The summed E-state index contributed by atoms with van der Waals surface area (Å²) in [6, 6.07) is 11.9. The number of aromatic nitrogens is 3. The summed E-state index contributed by atoms with van der Waals surface area (Å²) in [4.78, 5) is 15.8. The number of carbonyl (C=O) groups excluding carboxylic acids is 1. The Morgan fingerprint density at radius 3 is 2.83 bits per heavy atom. The standard InChI is InChI=1S/C18H14N4O/c1-10-2-5-15-14(9-21-22-15)16(10)12-4-3-11-6-7-20-17(18(19)23)13(11)8-12/h2-9H,1H3,(H2,19,23)(H,21,22). The fraction of sp³-hybridized carbons (Fsp3) is 0.0556. The van der Waals surface area contributed by atoms with Gasteiger partial charge in [0.25, 0.3) is 5.91 Å². The molecule has 0 unspecified atom stereocenters. The first-order valence-electron chi connectivity index (χ1n) is 7.27. The lowest BCUT2D eigenvalue weighted by Gasteiger charge is -2.10. The number of carbonyl (C=O) groups is 1. The number of nitrogens with two attached hydrogens (primary N) is 1. The van der Waals surface area contributed by atoms with Crippen molar-refractivity contribution in [2.75, 3.05) is 0 Å². The van der Waals surface area contributed by atoms with E-state index in [2.05, 4.69) is 28.2 Å². The van der Waals surface area contributed by atoms with Gasteiger partial charge in [-0.25, -0.2) is 0 Å². The second-order valence-corrected chi connectivity index (χ2v) is 5.55. The Morgan fingerprint density at radius 1 is 1.13 bits per heavy atom. The number of benzene rings is 2. The lowest BCUT2D eigenvalue weighted by molar-refractivity contribution is 0.0997. The van der Waals surface area contributed by atoms with Gasteiger partial charge in [0.2, 0.25) is 0 Å². The number of nitrogens with zero attached hydrogens (tertiary/aromatic N) is 2. The van der Waals surface area contributed by atoms with Crippen LogP contribution in [0.1, 0.15) is 16.1 Å². The monoisotopic (exact) mass is 302 g/mol. The molecule has 5 heteroatoms. The molecule has 4 aromatic rings. The molecule has 2 heterocycles. The summed E-state index contributed by atoms with van der Waals surface area (Å²) < 4.78 is 0. The van der Waals surface area contributed by atoms with Crippen molar-refractivity contribution in [3.63, 3.8) is 0 Å². The number of rotatable bonds is 2. The third-order valence-electron chi connectivity index (χ3n) is 4.12. The number of H-pyrrole nitrogens is 1. The molecule has 4 rings (SSSR count). The molecule has 2 aromatic heterocycles. The lowest BCUT2D eigenvalue weighted by Crippen LogP contribution is -2.13. The molecule has 112 valence electrons. The van der Waals surface area contributed by atoms with Gasteiger partial charge in [-0.05, 0) is 47.2 Å². The third kappa shape index (κ3) is 2.05. The zero-order valence-electron chi connectivity index (χ0n) is 12.5. The van der Waals surface area contributed by atoms with E-state index in [1.54, 1.807) is 6.20 Å². The van der Waals surface area contributed by atoms with E-state index < -0.39 is 5.91 Å².